The van der Waals surface area contributed by atoms with E-state index < -0.39 is 24.7 Å². The van der Waals surface area contributed by atoms with E-state index in [1.807, 2.05) is 33.8 Å². The highest BCUT2D eigenvalue weighted by Gasteiger charge is 2.46. The fourth-order valence-corrected chi connectivity index (χ4v) is 5.59. The first-order chi connectivity index (χ1) is 36.2. The minimum Gasteiger partial charge on any atom is -0.469 e. The van der Waals surface area contributed by atoms with Crippen molar-refractivity contribution in [3.05, 3.63) is 0 Å². The molecule has 20 heteroatoms. The molecule has 0 radical (unpaired) electrons. The van der Waals surface area contributed by atoms with Crippen LogP contribution in [0.1, 0.15) is 178 Å². The van der Waals surface area contributed by atoms with Gasteiger partial charge in [-0.1, -0.05) is 132 Å². The van der Waals surface area contributed by atoms with Gasteiger partial charge in [-0.25, -0.2) is 26.3 Å². The highest BCUT2D eigenvalue weighted by Crippen LogP contribution is 2.37. The summed E-state index contributed by atoms with van der Waals surface area (Å²) in [5.74, 6) is 0.172. The van der Waals surface area contributed by atoms with Gasteiger partial charge in [0.2, 0.25) is 11.8 Å². The summed E-state index contributed by atoms with van der Waals surface area (Å²) in [7, 11) is 3.18. The number of halogens is 6. The number of hydrogen-bond donors (Lipinski definition) is 5. The van der Waals surface area contributed by atoms with Crippen LogP contribution >= 0.6 is 0 Å². The molecule has 2 amide bonds. The van der Waals surface area contributed by atoms with Crippen LogP contribution in [0.4, 0.5) is 26.3 Å². The van der Waals surface area contributed by atoms with Crippen LogP contribution in [0.5, 0.6) is 0 Å². The Kier molecular flexibility index (Phi) is 58.1. The van der Waals surface area contributed by atoms with Gasteiger partial charge in [-0.2, -0.15) is 5.26 Å². The van der Waals surface area contributed by atoms with E-state index in [9.17, 15) is 45.5 Å². The molecule has 2 saturated carbocycles. The third-order valence-corrected chi connectivity index (χ3v) is 10.1. The third-order valence-electron chi connectivity index (χ3n) is 10.1. The Hall–Kier alpha value is -3.25. The molecule has 0 aromatic carbocycles. The molecule has 1 aliphatic heterocycles. The van der Waals surface area contributed by atoms with Crippen LogP contribution in [0.3, 0.4) is 0 Å². The molecule has 2 aliphatic carbocycles. The van der Waals surface area contributed by atoms with E-state index >= 15 is 0 Å². The predicted octanol–water partition coefficient (Wildman–Crippen LogP) is 11.7. The molecule has 0 aromatic heterocycles. The van der Waals surface area contributed by atoms with E-state index in [2.05, 4.69) is 103 Å². The summed E-state index contributed by atoms with van der Waals surface area (Å²) in [4.78, 5) is 45.1. The number of likely N-dealkylation sites (tertiary alicyclic amines) is 1. The molecule has 3 aliphatic rings. The SMILES string of the molecule is CC(C#N)NC(=O)C(C)C.CC(C)C.CC(C)C(=O)NC1CC(F)(F)C1.CC(C)CNC1CC(F)C1.CC(C)CNCC(C)F.CC(C)CNCC(F)F.CCOC(=O)C(C)C.COC(=O)C(C)C.COC1CN(CC(C)C)C1. The van der Waals surface area contributed by atoms with Crippen molar-refractivity contribution in [3.8, 4) is 6.07 Å². The summed E-state index contributed by atoms with van der Waals surface area (Å²) in [5, 5.41) is 22.3. The monoisotopic (exact) mass is 1150 g/mol. The lowest BCUT2D eigenvalue weighted by atomic mass is 9.88. The van der Waals surface area contributed by atoms with Gasteiger partial charge in [0.05, 0.1) is 44.3 Å². The van der Waals surface area contributed by atoms with Gasteiger partial charge < -0.3 is 40.8 Å². The molecule has 0 aromatic rings. The van der Waals surface area contributed by atoms with E-state index in [0.717, 1.165) is 50.9 Å². The first kappa shape index (κ1) is 87.0. The smallest absolute Gasteiger partial charge is 0.308 e. The Morgan fingerprint density at radius 1 is 0.620 bits per heavy atom. The number of carbonyl (C=O) groups is 4. The van der Waals surface area contributed by atoms with Crippen LogP contribution in [0.15, 0.2) is 0 Å². The maximum absolute atomic E-state index is 12.3. The van der Waals surface area contributed by atoms with Gasteiger partial charge in [0, 0.05) is 70.0 Å². The number of rotatable bonds is 21. The summed E-state index contributed by atoms with van der Waals surface area (Å²) in [6, 6.07) is 1.70. The van der Waals surface area contributed by atoms with E-state index in [-0.39, 0.29) is 78.9 Å². The number of methoxy groups -OCH3 is 2. The number of nitrogens with one attached hydrogen (secondary N) is 5. The summed E-state index contributed by atoms with van der Waals surface area (Å²) in [6.07, 6.45) is -1.90. The van der Waals surface area contributed by atoms with E-state index in [0.29, 0.717) is 49.6 Å². The largest absolute Gasteiger partial charge is 0.469 e. The number of alkyl halides is 6. The second kappa shape index (κ2) is 52.8. The van der Waals surface area contributed by atoms with Crippen molar-refractivity contribution in [2.45, 2.75) is 227 Å². The second-order valence-electron chi connectivity index (χ2n) is 23.8. The number of hydrogen-bond acceptors (Lipinski definition) is 12. The Morgan fingerprint density at radius 3 is 1.32 bits per heavy atom. The summed E-state index contributed by atoms with van der Waals surface area (Å²) in [5.41, 5.74) is 0. The minimum atomic E-state index is -2.55. The fraction of sp³-hybridized carbons (Fsp3) is 0.915. The van der Waals surface area contributed by atoms with Crippen LogP contribution in [0, 0.1) is 64.6 Å². The van der Waals surface area contributed by atoms with Gasteiger partial charge in [-0.3, -0.25) is 24.1 Å². The van der Waals surface area contributed by atoms with Crippen molar-refractivity contribution in [3.63, 3.8) is 0 Å². The van der Waals surface area contributed by atoms with Gasteiger partial charge in [0.25, 0.3) is 12.3 Å². The van der Waals surface area contributed by atoms with E-state index in [4.69, 9.17) is 10.00 Å². The quantitative estimate of drug-likeness (QED) is 0.0542. The van der Waals surface area contributed by atoms with Crippen LogP contribution in [0.25, 0.3) is 0 Å². The van der Waals surface area contributed by atoms with Gasteiger partial charge in [-0.15, -0.1) is 0 Å². The van der Waals surface area contributed by atoms with Crippen molar-refractivity contribution in [2.75, 3.05) is 73.2 Å². The molecule has 0 spiro atoms. The van der Waals surface area contributed by atoms with Crippen LogP contribution in [0.2, 0.25) is 0 Å². The Labute approximate surface area is 478 Å². The molecule has 5 N–H and O–H groups in total. The Balaban J connectivity index is -0.000000192. The maximum Gasteiger partial charge on any atom is 0.308 e. The number of esters is 2. The van der Waals surface area contributed by atoms with Gasteiger partial charge >= 0.3 is 11.9 Å². The number of nitrogens with zero attached hydrogens (tertiary/aromatic N) is 2. The van der Waals surface area contributed by atoms with Crippen molar-refractivity contribution >= 4 is 23.8 Å². The molecule has 1 heterocycles. The molecular formula is C59H119F6N7O7. The first-order valence-electron chi connectivity index (χ1n) is 28.8. The summed E-state index contributed by atoms with van der Waals surface area (Å²) < 4.78 is 86.0. The maximum atomic E-state index is 12.3. The normalized spacial score (nSPS) is 16.9. The van der Waals surface area contributed by atoms with Crippen molar-refractivity contribution in [1.82, 2.24) is 31.5 Å². The fourth-order valence-electron chi connectivity index (χ4n) is 5.59. The molecule has 1 saturated heterocycles. The summed E-state index contributed by atoms with van der Waals surface area (Å²) >= 11 is 0. The molecule has 79 heavy (non-hydrogen) atoms. The zero-order valence-electron chi connectivity index (χ0n) is 53.9. The number of amides is 2. The predicted molar refractivity (Wildman–Crippen MR) is 313 cm³/mol. The van der Waals surface area contributed by atoms with Gasteiger partial charge in [-0.05, 0) is 82.8 Å². The lowest BCUT2D eigenvalue weighted by molar-refractivity contribution is -0.147. The highest BCUT2D eigenvalue weighted by atomic mass is 19.3. The third kappa shape index (κ3) is 67.2. The standard InChI is InChI=1S/C8H13F2NO.C8H16FN.C8H17NO.C7H16FN.C7H12N2O.C6H13F2N.C6H12O2.C5H10O2.C4H10/c1-5(2)7(12)11-6-3-8(9,10)4-6;1-6(2)5-10-8-3-7(9)4-8;1-7(2)4-9-5-8(6-9)10-3;1-6(2)4-9-5-7(3)8;1-5(2)7(10)9-6(3)4-8;1-5(2)3-9-4-6(7)8;1-4-8-6(7)5(2)3;1-4(2)5(6)7-3;1-4(2)3/h5-6H,3-4H2,1-2H3,(H,11,12);6-8,10H,3-5H2,1-2H3;7-8H,4-6H2,1-3H3;6-7,9H,4-5H2,1-3H3;5-6H,1-3H3,(H,9,10);5-6,9H,3-4H2,1-2H3;5H,4H2,1-3H3;4H,1-3H3;4H,1-3H3. The zero-order valence-corrected chi connectivity index (χ0v) is 53.9. The average molecular weight is 1150 g/mol. The summed E-state index contributed by atoms with van der Waals surface area (Å²) in [6.45, 7) is 49.7. The van der Waals surface area contributed by atoms with Gasteiger partial charge in [0.1, 0.15) is 18.4 Å². The molecule has 3 rings (SSSR count). The Bertz CT molecular complexity index is 1450. The molecule has 3 fully saturated rings. The average Bonchev–Trinajstić information content (AvgIpc) is 3.28. The number of ether oxygens (including phenoxy) is 3. The topological polar surface area (TPSA) is 183 Å². The van der Waals surface area contributed by atoms with E-state index in [1.54, 1.807) is 69.4 Å². The van der Waals surface area contributed by atoms with Crippen LogP contribution in [-0.4, -0.2) is 151 Å². The van der Waals surface area contributed by atoms with Crippen molar-refractivity contribution < 1.29 is 59.7 Å². The van der Waals surface area contributed by atoms with Crippen molar-refractivity contribution in [2.24, 2.45) is 53.3 Å². The van der Waals surface area contributed by atoms with E-state index in [1.165, 1.54) is 13.7 Å². The highest BCUT2D eigenvalue weighted by molar-refractivity contribution is 5.78. The number of carbonyl (C=O) groups excluding carboxylic acids is 4. The van der Waals surface area contributed by atoms with Crippen molar-refractivity contribution in [1.29, 1.82) is 5.26 Å². The molecule has 2 unspecified atom stereocenters. The van der Waals surface area contributed by atoms with Gasteiger partial charge in [0.15, 0.2) is 0 Å². The lowest BCUT2D eigenvalue weighted by Crippen LogP contribution is -2.52. The molecule has 2 atom stereocenters. The second-order valence-corrected chi connectivity index (χ2v) is 23.8. The molecule has 474 valence electrons. The Morgan fingerprint density at radius 2 is 1.05 bits per heavy atom. The zero-order chi connectivity index (χ0) is 63.2. The first-order valence-corrected chi connectivity index (χ1v) is 28.8. The van der Waals surface area contributed by atoms with Crippen LogP contribution < -0.4 is 26.6 Å². The molecule has 14 nitrogen and oxygen atoms in total. The van der Waals surface area contributed by atoms with Crippen LogP contribution in [-0.2, 0) is 33.4 Å². The minimum absolute atomic E-state index is 0.00463. The molecule has 0 bridgehead atoms. The molecular weight excluding hydrogens is 1030 g/mol. The number of nitriles is 1. The lowest BCUT2D eigenvalue weighted by Gasteiger charge is -2.39.